The molecule has 0 spiro atoms. The number of benzene rings is 1. The molecule has 1 aromatic heterocycles. The quantitative estimate of drug-likeness (QED) is 0.921. The van der Waals surface area contributed by atoms with Crippen molar-refractivity contribution in [3.63, 3.8) is 0 Å². The summed E-state index contributed by atoms with van der Waals surface area (Å²) in [4.78, 5) is 4.18. The van der Waals surface area contributed by atoms with Gasteiger partial charge in [0.15, 0.2) is 0 Å². The van der Waals surface area contributed by atoms with Crippen LogP contribution in [0.15, 0.2) is 29.0 Å². The molecule has 96 valence electrons. The van der Waals surface area contributed by atoms with Crippen molar-refractivity contribution in [3.05, 3.63) is 46.2 Å². The summed E-state index contributed by atoms with van der Waals surface area (Å²) in [6, 6.07) is 4.63. The Bertz CT molecular complexity index is 527. The Balaban J connectivity index is 2.18. The van der Waals surface area contributed by atoms with Crippen LogP contribution in [0.25, 0.3) is 0 Å². The molecule has 0 unspecified atom stereocenters. The lowest BCUT2D eigenvalue weighted by Crippen LogP contribution is -2.17. The van der Waals surface area contributed by atoms with Crippen LogP contribution in [0, 0.1) is 5.82 Å². The highest BCUT2D eigenvalue weighted by atomic mass is 79.9. The molecule has 0 saturated carbocycles. The van der Waals surface area contributed by atoms with Crippen LogP contribution < -0.4 is 5.32 Å². The number of aromatic nitrogens is 3. The molecule has 0 aliphatic rings. The maximum Gasteiger partial charge on any atom is 0.141 e. The van der Waals surface area contributed by atoms with Crippen LogP contribution in [0.1, 0.15) is 18.3 Å². The summed E-state index contributed by atoms with van der Waals surface area (Å²) in [7, 11) is 0. The first-order valence-corrected chi connectivity index (χ1v) is 6.51. The van der Waals surface area contributed by atoms with E-state index in [0.29, 0.717) is 13.1 Å². The first-order chi connectivity index (χ1) is 8.70. The van der Waals surface area contributed by atoms with Gasteiger partial charge < -0.3 is 5.32 Å². The highest BCUT2D eigenvalue weighted by Gasteiger charge is 2.07. The fraction of sp³-hybridized carbons (Fsp3) is 0.333. The highest BCUT2D eigenvalue weighted by Crippen LogP contribution is 2.19. The third-order valence-electron chi connectivity index (χ3n) is 2.56. The molecular weight excluding hydrogens is 299 g/mol. The zero-order valence-electron chi connectivity index (χ0n) is 10.0. The van der Waals surface area contributed by atoms with E-state index in [1.165, 1.54) is 18.5 Å². The van der Waals surface area contributed by atoms with Crippen molar-refractivity contribution in [2.45, 2.75) is 20.0 Å². The maximum atomic E-state index is 13.2. The standard InChI is InChI=1S/C12H14BrFN4/c1-2-15-6-12-16-8-17-18(12)7-9-5-10(14)3-4-11(9)13/h3-5,8,15H,2,6-7H2,1H3. The number of nitrogens with zero attached hydrogens (tertiary/aromatic N) is 3. The Morgan fingerprint density at radius 2 is 2.28 bits per heavy atom. The summed E-state index contributed by atoms with van der Waals surface area (Å²) in [5.74, 6) is 0.592. The average Bonchev–Trinajstić information content (AvgIpc) is 2.79. The molecule has 0 bridgehead atoms. The van der Waals surface area contributed by atoms with Crippen molar-refractivity contribution in [3.8, 4) is 0 Å². The van der Waals surface area contributed by atoms with Crippen molar-refractivity contribution >= 4 is 15.9 Å². The predicted octanol–water partition coefficient (Wildman–Crippen LogP) is 2.34. The molecule has 0 aliphatic heterocycles. The van der Waals surface area contributed by atoms with E-state index >= 15 is 0 Å². The van der Waals surface area contributed by atoms with Gasteiger partial charge in [0.25, 0.3) is 0 Å². The van der Waals surface area contributed by atoms with E-state index in [-0.39, 0.29) is 5.82 Å². The number of nitrogens with one attached hydrogen (secondary N) is 1. The summed E-state index contributed by atoms with van der Waals surface area (Å²) in [6.45, 7) is 4.06. The minimum absolute atomic E-state index is 0.249. The molecule has 18 heavy (non-hydrogen) atoms. The SMILES string of the molecule is CCNCc1ncnn1Cc1cc(F)ccc1Br. The van der Waals surface area contributed by atoms with Crippen LogP contribution >= 0.6 is 15.9 Å². The fourth-order valence-electron chi connectivity index (χ4n) is 1.62. The van der Waals surface area contributed by atoms with E-state index in [0.717, 1.165) is 22.4 Å². The topological polar surface area (TPSA) is 42.7 Å². The predicted molar refractivity (Wildman–Crippen MR) is 70.6 cm³/mol. The molecule has 1 heterocycles. The van der Waals surface area contributed by atoms with Crippen molar-refractivity contribution < 1.29 is 4.39 Å². The zero-order valence-corrected chi connectivity index (χ0v) is 11.6. The number of rotatable bonds is 5. The summed E-state index contributed by atoms with van der Waals surface area (Å²) in [6.07, 6.45) is 1.51. The first-order valence-electron chi connectivity index (χ1n) is 5.72. The maximum absolute atomic E-state index is 13.2. The third-order valence-corrected chi connectivity index (χ3v) is 3.33. The van der Waals surface area contributed by atoms with E-state index in [9.17, 15) is 4.39 Å². The Kier molecular flexibility index (Phi) is 4.43. The normalized spacial score (nSPS) is 10.8. The first kappa shape index (κ1) is 13.2. The van der Waals surface area contributed by atoms with Crippen molar-refractivity contribution in [2.75, 3.05) is 6.54 Å². The van der Waals surface area contributed by atoms with Crippen molar-refractivity contribution in [2.24, 2.45) is 0 Å². The van der Waals surface area contributed by atoms with Crippen LogP contribution in [-0.2, 0) is 13.1 Å². The molecule has 0 saturated heterocycles. The van der Waals surface area contributed by atoms with E-state index in [4.69, 9.17) is 0 Å². The highest BCUT2D eigenvalue weighted by molar-refractivity contribution is 9.10. The second-order valence-corrected chi connectivity index (χ2v) is 4.70. The lowest BCUT2D eigenvalue weighted by molar-refractivity contribution is 0.587. The summed E-state index contributed by atoms with van der Waals surface area (Å²) >= 11 is 3.41. The van der Waals surface area contributed by atoms with Gasteiger partial charge in [0.05, 0.1) is 13.1 Å². The van der Waals surface area contributed by atoms with Gasteiger partial charge in [-0.05, 0) is 30.3 Å². The molecule has 1 N–H and O–H groups in total. The molecule has 0 fully saturated rings. The van der Waals surface area contributed by atoms with Gasteiger partial charge in [-0.3, -0.25) is 0 Å². The molecule has 0 amide bonds. The smallest absolute Gasteiger partial charge is 0.141 e. The number of hydrogen-bond donors (Lipinski definition) is 1. The Morgan fingerprint density at radius 3 is 3.06 bits per heavy atom. The second kappa shape index (κ2) is 6.06. The molecule has 0 aliphatic carbocycles. The van der Waals surface area contributed by atoms with Crippen LogP contribution in [-0.4, -0.2) is 21.3 Å². The van der Waals surface area contributed by atoms with Gasteiger partial charge in [-0.25, -0.2) is 14.1 Å². The lowest BCUT2D eigenvalue weighted by Gasteiger charge is -2.08. The molecule has 0 radical (unpaired) electrons. The second-order valence-electron chi connectivity index (χ2n) is 3.85. The Labute approximate surface area is 113 Å². The molecule has 0 atom stereocenters. The van der Waals surface area contributed by atoms with E-state index in [1.54, 1.807) is 10.7 Å². The van der Waals surface area contributed by atoms with Crippen molar-refractivity contribution in [1.82, 2.24) is 20.1 Å². The van der Waals surface area contributed by atoms with E-state index in [2.05, 4.69) is 31.3 Å². The molecule has 4 nitrogen and oxygen atoms in total. The number of halogens is 2. The Hall–Kier alpha value is -1.27. The Morgan fingerprint density at radius 1 is 1.44 bits per heavy atom. The van der Waals surface area contributed by atoms with Gasteiger partial charge in [-0.2, -0.15) is 5.10 Å². The molecule has 2 aromatic rings. The minimum atomic E-state index is -0.249. The van der Waals surface area contributed by atoms with Gasteiger partial charge >= 0.3 is 0 Å². The molecule has 2 rings (SSSR count). The van der Waals surface area contributed by atoms with Crippen LogP contribution in [0.5, 0.6) is 0 Å². The minimum Gasteiger partial charge on any atom is -0.310 e. The summed E-state index contributed by atoms with van der Waals surface area (Å²) in [5.41, 5.74) is 0.846. The van der Waals surface area contributed by atoms with Gasteiger partial charge in [-0.15, -0.1) is 0 Å². The average molecular weight is 313 g/mol. The van der Waals surface area contributed by atoms with E-state index in [1.807, 2.05) is 6.92 Å². The summed E-state index contributed by atoms with van der Waals surface area (Å²) < 4.78 is 15.8. The van der Waals surface area contributed by atoms with Crippen molar-refractivity contribution in [1.29, 1.82) is 0 Å². The van der Waals surface area contributed by atoms with E-state index < -0.39 is 0 Å². The van der Waals surface area contributed by atoms with Gasteiger partial charge in [0.1, 0.15) is 18.0 Å². The summed E-state index contributed by atoms with van der Waals surface area (Å²) in [5, 5.41) is 7.35. The van der Waals surface area contributed by atoms with Crippen LogP contribution in [0.4, 0.5) is 4.39 Å². The molecular formula is C12H14BrFN4. The van der Waals surface area contributed by atoms with Gasteiger partial charge in [0.2, 0.25) is 0 Å². The molecule has 1 aromatic carbocycles. The monoisotopic (exact) mass is 312 g/mol. The third kappa shape index (κ3) is 3.14. The van der Waals surface area contributed by atoms with Crippen LogP contribution in [0.3, 0.4) is 0 Å². The molecule has 6 heteroatoms. The van der Waals surface area contributed by atoms with Gasteiger partial charge in [-0.1, -0.05) is 22.9 Å². The fourth-order valence-corrected chi connectivity index (χ4v) is 1.99. The largest absolute Gasteiger partial charge is 0.310 e. The zero-order chi connectivity index (χ0) is 13.0. The number of hydrogen-bond acceptors (Lipinski definition) is 3. The lowest BCUT2D eigenvalue weighted by atomic mass is 10.2. The van der Waals surface area contributed by atoms with Crippen LogP contribution in [0.2, 0.25) is 0 Å². The van der Waals surface area contributed by atoms with Gasteiger partial charge in [0, 0.05) is 4.47 Å².